The second kappa shape index (κ2) is 8.04. The number of nitrogens with zero attached hydrogens (tertiary/aromatic N) is 3. The van der Waals surface area contributed by atoms with Crippen LogP contribution in [0.5, 0.6) is 0 Å². The molecule has 0 unspecified atom stereocenters. The fourth-order valence-corrected chi connectivity index (χ4v) is 2.17. The molecule has 1 N–H and O–H groups in total. The van der Waals surface area contributed by atoms with Gasteiger partial charge in [-0.05, 0) is 17.7 Å². The van der Waals surface area contributed by atoms with Crippen LogP contribution in [0.15, 0.2) is 59.7 Å². The topological polar surface area (TPSA) is 40.5 Å². The highest BCUT2D eigenvalue weighted by Gasteiger charge is 2.06. The largest absolute Gasteiger partial charge is 0.356 e. The number of aliphatic imine (C=N–C) groups is 1. The highest BCUT2D eigenvalue weighted by molar-refractivity contribution is 5.79. The molecule has 2 rings (SSSR count). The number of nitrogens with one attached hydrogen (secondary N) is 1. The summed E-state index contributed by atoms with van der Waals surface area (Å²) in [5.74, 6) is 0.898. The van der Waals surface area contributed by atoms with Gasteiger partial charge in [0.1, 0.15) is 0 Å². The summed E-state index contributed by atoms with van der Waals surface area (Å²) in [6.45, 7) is 1.66. The van der Waals surface area contributed by atoms with E-state index >= 15 is 0 Å². The predicted octanol–water partition coefficient (Wildman–Crippen LogP) is 2.33. The first-order valence-electron chi connectivity index (χ1n) is 7.15. The van der Waals surface area contributed by atoms with Crippen molar-refractivity contribution < 1.29 is 0 Å². The Bertz CT molecular complexity index is 552. The maximum absolute atomic E-state index is 4.33. The molecule has 1 aromatic carbocycles. The van der Waals surface area contributed by atoms with E-state index in [2.05, 4.69) is 44.5 Å². The van der Waals surface area contributed by atoms with Gasteiger partial charge < -0.3 is 10.2 Å². The maximum atomic E-state index is 4.33. The molecule has 0 radical (unpaired) electrons. The molecule has 0 aliphatic carbocycles. The average Bonchev–Trinajstić information content (AvgIpc) is 2.53. The molecule has 0 bridgehead atoms. The fraction of sp³-hybridized carbons (Fsp3) is 0.294. The van der Waals surface area contributed by atoms with Crippen LogP contribution in [-0.2, 0) is 13.0 Å². The van der Waals surface area contributed by atoms with Crippen LogP contribution in [0.1, 0.15) is 11.3 Å². The van der Waals surface area contributed by atoms with Crippen molar-refractivity contribution in [3.8, 4) is 0 Å². The van der Waals surface area contributed by atoms with Crippen molar-refractivity contribution in [3.63, 3.8) is 0 Å². The average molecular weight is 282 g/mol. The molecule has 110 valence electrons. The molecule has 4 heteroatoms. The van der Waals surface area contributed by atoms with Crippen LogP contribution < -0.4 is 5.32 Å². The first-order chi connectivity index (χ1) is 10.3. The Kier molecular flexibility index (Phi) is 5.76. The number of hydrogen-bond acceptors (Lipinski definition) is 2. The van der Waals surface area contributed by atoms with E-state index in [0.717, 1.165) is 31.2 Å². The summed E-state index contributed by atoms with van der Waals surface area (Å²) < 4.78 is 0. The van der Waals surface area contributed by atoms with Gasteiger partial charge in [0.2, 0.25) is 0 Å². The lowest BCUT2D eigenvalue weighted by molar-refractivity contribution is 0.477. The van der Waals surface area contributed by atoms with Crippen molar-refractivity contribution in [1.82, 2.24) is 15.2 Å². The molecule has 2 aromatic rings. The standard InChI is InChI=1S/C17H22N4/c1-18-17(20-13-11-16-10-6-7-12-19-16)21(2)14-15-8-4-3-5-9-15/h3-10,12H,11,13-14H2,1-2H3,(H,18,20). The Balaban J connectivity index is 1.82. The molecule has 0 saturated carbocycles. The van der Waals surface area contributed by atoms with Crippen molar-refractivity contribution in [2.24, 2.45) is 4.99 Å². The number of hydrogen-bond donors (Lipinski definition) is 1. The van der Waals surface area contributed by atoms with Gasteiger partial charge in [0, 0.05) is 45.5 Å². The van der Waals surface area contributed by atoms with E-state index in [-0.39, 0.29) is 0 Å². The first kappa shape index (κ1) is 15.0. The van der Waals surface area contributed by atoms with E-state index in [9.17, 15) is 0 Å². The number of guanidine groups is 1. The number of pyridine rings is 1. The summed E-state index contributed by atoms with van der Waals surface area (Å²) in [7, 11) is 3.85. The summed E-state index contributed by atoms with van der Waals surface area (Å²) in [6, 6.07) is 16.4. The van der Waals surface area contributed by atoms with Gasteiger partial charge in [-0.15, -0.1) is 0 Å². The lowest BCUT2D eigenvalue weighted by Gasteiger charge is -2.22. The van der Waals surface area contributed by atoms with E-state index in [1.807, 2.05) is 44.6 Å². The monoisotopic (exact) mass is 282 g/mol. The lowest BCUT2D eigenvalue weighted by atomic mass is 10.2. The molecule has 21 heavy (non-hydrogen) atoms. The Morgan fingerprint density at radius 1 is 1.14 bits per heavy atom. The van der Waals surface area contributed by atoms with Crippen LogP contribution >= 0.6 is 0 Å². The number of benzene rings is 1. The van der Waals surface area contributed by atoms with Gasteiger partial charge in [0.05, 0.1) is 0 Å². The predicted molar refractivity (Wildman–Crippen MR) is 87.2 cm³/mol. The Labute approximate surface area is 126 Å². The van der Waals surface area contributed by atoms with Crippen LogP contribution in [0.25, 0.3) is 0 Å². The molecule has 0 aliphatic heterocycles. The fourth-order valence-electron chi connectivity index (χ4n) is 2.17. The third-order valence-corrected chi connectivity index (χ3v) is 3.23. The van der Waals surface area contributed by atoms with Crippen LogP contribution in [0.3, 0.4) is 0 Å². The van der Waals surface area contributed by atoms with Crippen molar-refractivity contribution in [2.75, 3.05) is 20.6 Å². The van der Waals surface area contributed by atoms with E-state index in [0.29, 0.717) is 0 Å². The van der Waals surface area contributed by atoms with E-state index < -0.39 is 0 Å². The quantitative estimate of drug-likeness (QED) is 0.676. The van der Waals surface area contributed by atoms with Gasteiger partial charge in [0.25, 0.3) is 0 Å². The molecule has 0 aliphatic rings. The molecular weight excluding hydrogens is 260 g/mol. The van der Waals surface area contributed by atoms with Gasteiger partial charge in [-0.1, -0.05) is 36.4 Å². The minimum absolute atomic E-state index is 0.822. The minimum atomic E-state index is 0.822. The molecule has 1 aromatic heterocycles. The molecule has 0 amide bonds. The van der Waals surface area contributed by atoms with Crippen molar-refractivity contribution >= 4 is 5.96 Å². The number of rotatable bonds is 5. The van der Waals surface area contributed by atoms with Crippen LogP contribution in [-0.4, -0.2) is 36.5 Å². The molecule has 0 spiro atoms. The zero-order valence-corrected chi connectivity index (χ0v) is 12.7. The van der Waals surface area contributed by atoms with Gasteiger partial charge in [-0.2, -0.15) is 0 Å². The zero-order chi connectivity index (χ0) is 14.9. The third-order valence-electron chi connectivity index (χ3n) is 3.23. The summed E-state index contributed by atoms with van der Waals surface area (Å²) in [6.07, 6.45) is 2.71. The SMILES string of the molecule is CN=C(NCCc1ccccn1)N(C)Cc1ccccc1. The molecule has 0 saturated heterocycles. The second-order valence-corrected chi connectivity index (χ2v) is 4.89. The number of aromatic nitrogens is 1. The maximum Gasteiger partial charge on any atom is 0.193 e. The summed E-state index contributed by atoms with van der Waals surface area (Å²) in [5, 5.41) is 3.37. The van der Waals surface area contributed by atoms with Gasteiger partial charge in [-0.3, -0.25) is 9.98 Å². The Hall–Kier alpha value is -2.36. The van der Waals surface area contributed by atoms with Crippen LogP contribution in [0, 0.1) is 0 Å². The Morgan fingerprint density at radius 3 is 2.57 bits per heavy atom. The van der Waals surface area contributed by atoms with Crippen molar-refractivity contribution in [2.45, 2.75) is 13.0 Å². The second-order valence-electron chi connectivity index (χ2n) is 4.89. The zero-order valence-electron chi connectivity index (χ0n) is 12.7. The van der Waals surface area contributed by atoms with Crippen LogP contribution in [0.2, 0.25) is 0 Å². The van der Waals surface area contributed by atoms with Crippen molar-refractivity contribution in [1.29, 1.82) is 0 Å². The Morgan fingerprint density at radius 2 is 1.90 bits per heavy atom. The molecule has 0 atom stereocenters. The molecule has 4 nitrogen and oxygen atoms in total. The van der Waals surface area contributed by atoms with Gasteiger partial charge in [-0.25, -0.2) is 0 Å². The van der Waals surface area contributed by atoms with E-state index in [4.69, 9.17) is 0 Å². The highest BCUT2D eigenvalue weighted by Crippen LogP contribution is 2.02. The van der Waals surface area contributed by atoms with E-state index in [1.165, 1.54) is 5.56 Å². The van der Waals surface area contributed by atoms with Crippen molar-refractivity contribution in [3.05, 3.63) is 66.0 Å². The summed E-state index contributed by atoms with van der Waals surface area (Å²) >= 11 is 0. The normalized spacial score (nSPS) is 11.2. The highest BCUT2D eigenvalue weighted by atomic mass is 15.3. The summed E-state index contributed by atoms with van der Waals surface area (Å²) in [5.41, 5.74) is 2.36. The smallest absolute Gasteiger partial charge is 0.193 e. The minimum Gasteiger partial charge on any atom is -0.356 e. The molecular formula is C17H22N4. The van der Waals surface area contributed by atoms with Gasteiger partial charge in [0.15, 0.2) is 5.96 Å². The van der Waals surface area contributed by atoms with E-state index in [1.54, 1.807) is 0 Å². The lowest BCUT2D eigenvalue weighted by Crippen LogP contribution is -2.39. The third kappa shape index (κ3) is 4.91. The first-order valence-corrected chi connectivity index (χ1v) is 7.15. The summed E-state index contributed by atoms with van der Waals surface area (Å²) in [4.78, 5) is 10.8. The van der Waals surface area contributed by atoms with Crippen LogP contribution in [0.4, 0.5) is 0 Å². The molecule has 1 heterocycles. The van der Waals surface area contributed by atoms with Gasteiger partial charge >= 0.3 is 0 Å². The molecule has 0 fully saturated rings.